The summed E-state index contributed by atoms with van der Waals surface area (Å²) in [5.74, 6) is 1.01. The fourth-order valence-corrected chi connectivity index (χ4v) is 3.20. The predicted octanol–water partition coefficient (Wildman–Crippen LogP) is 1.62. The molecule has 0 unspecified atom stereocenters. The molecule has 0 atom stereocenters. The van der Waals surface area contributed by atoms with Crippen molar-refractivity contribution in [3.63, 3.8) is 0 Å². The largest absolute Gasteiger partial charge is 0.507 e. The average molecular weight is 288 g/mol. The van der Waals surface area contributed by atoms with Gasteiger partial charge < -0.3 is 14.4 Å². The molecule has 3 rings (SSSR count). The number of aryl methyl sites for hydroxylation is 1. The number of piperidine rings is 1. The highest BCUT2D eigenvalue weighted by molar-refractivity contribution is 5.84. The van der Waals surface area contributed by atoms with E-state index in [1.54, 1.807) is 6.07 Å². The minimum atomic E-state index is -0.353. The van der Waals surface area contributed by atoms with E-state index in [0.717, 1.165) is 35.5 Å². The molecular weight excluding hydrogens is 266 g/mol. The minimum Gasteiger partial charge on any atom is -0.507 e. The van der Waals surface area contributed by atoms with Gasteiger partial charge in [0.1, 0.15) is 12.3 Å². The number of fused-ring (bicyclic) bond motifs is 1. The number of phenols is 1. The molecule has 2 heterocycles. The summed E-state index contributed by atoms with van der Waals surface area (Å²) in [6.07, 6.45) is 2.42. The van der Waals surface area contributed by atoms with Crippen molar-refractivity contribution in [1.29, 1.82) is 0 Å². The monoisotopic (exact) mass is 288 g/mol. The molecule has 0 bridgehead atoms. The van der Waals surface area contributed by atoms with Crippen LogP contribution in [0.15, 0.2) is 27.4 Å². The first-order valence-electron chi connectivity index (χ1n) is 7.63. The third-order valence-electron chi connectivity index (χ3n) is 4.61. The normalized spacial score (nSPS) is 22.6. The average Bonchev–Trinajstić information content (AvgIpc) is 2.44. The van der Waals surface area contributed by atoms with Crippen LogP contribution in [0.3, 0.4) is 0 Å². The van der Waals surface area contributed by atoms with Gasteiger partial charge in [-0.05, 0) is 43.4 Å². The molecule has 0 amide bonds. The Morgan fingerprint density at radius 1 is 1.33 bits per heavy atom. The lowest BCUT2D eigenvalue weighted by Gasteiger charge is -2.27. The maximum atomic E-state index is 11.6. The molecule has 2 aromatic rings. The van der Waals surface area contributed by atoms with Crippen molar-refractivity contribution in [2.24, 2.45) is 5.92 Å². The number of hydrogen-bond acceptors (Lipinski definition) is 3. The van der Waals surface area contributed by atoms with Crippen LogP contribution in [0.25, 0.3) is 11.0 Å². The van der Waals surface area contributed by atoms with E-state index in [0.29, 0.717) is 12.1 Å². The number of nitrogens with one attached hydrogen (secondary N) is 1. The van der Waals surface area contributed by atoms with Crippen molar-refractivity contribution in [2.45, 2.75) is 33.2 Å². The highest BCUT2D eigenvalue weighted by atomic mass is 16.4. The standard InChI is InChI=1S/C17H21NO3/c1-11-5-7-18(8-6-11)10-14-15(19)4-3-13-12(2)9-16(20)21-17(13)14/h3-4,9,11,19H,5-8,10H2,1-2H3/p+1. The minimum absolute atomic E-state index is 0.224. The quantitative estimate of drug-likeness (QED) is 0.826. The number of aromatic hydroxyl groups is 1. The van der Waals surface area contributed by atoms with Crippen LogP contribution in [0.4, 0.5) is 0 Å². The Hall–Kier alpha value is -1.81. The van der Waals surface area contributed by atoms with Crippen molar-refractivity contribution < 1.29 is 14.4 Å². The van der Waals surface area contributed by atoms with E-state index >= 15 is 0 Å². The predicted molar refractivity (Wildman–Crippen MR) is 81.7 cm³/mol. The Morgan fingerprint density at radius 3 is 2.76 bits per heavy atom. The summed E-state index contributed by atoms with van der Waals surface area (Å²) in [5, 5.41) is 11.1. The van der Waals surface area contributed by atoms with Gasteiger partial charge in [-0.25, -0.2) is 4.79 Å². The van der Waals surface area contributed by atoms with Crippen molar-refractivity contribution >= 4 is 11.0 Å². The van der Waals surface area contributed by atoms with Crippen LogP contribution in [-0.2, 0) is 6.54 Å². The lowest BCUT2D eigenvalue weighted by molar-refractivity contribution is -0.919. The molecule has 0 radical (unpaired) electrons. The van der Waals surface area contributed by atoms with Gasteiger partial charge in [0.25, 0.3) is 0 Å². The van der Waals surface area contributed by atoms with Crippen LogP contribution in [0.5, 0.6) is 5.75 Å². The van der Waals surface area contributed by atoms with E-state index in [4.69, 9.17) is 4.42 Å². The second-order valence-corrected chi connectivity index (χ2v) is 6.30. The topological polar surface area (TPSA) is 54.9 Å². The Labute approximate surface area is 124 Å². The highest BCUT2D eigenvalue weighted by Crippen LogP contribution is 2.27. The van der Waals surface area contributed by atoms with Gasteiger partial charge in [0.15, 0.2) is 5.58 Å². The van der Waals surface area contributed by atoms with E-state index in [9.17, 15) is 9.90 Å². The van der Waals surface area contributed by atoms with E-state index in [2.05, 4.69) is 6.92 Å². The molecule has 112 valence electrons. The third kappa shape index (κ3) is 2.81. The Kier molecular flexibility index (Phi) is 3.72. The maximum absolute atomic E-state index is 11.6. The smallest absolute Gasteiger partial charge is 0.336 e. The molecule has 1 aromatic heterocycles. The summed E-state index contributed by atoms with van der Waals surface area (Å²) >= 11 is 0. The van der Waals surface area contributed by atoms with Gasteiger partial charge in [0.2, 0.25) is 0 Å². The van der Waals surface area contributed by atoms with Crippen molar-refractivity contribution in [3.8, 4) is 5.75 Å². The number of quaternary nitrogens is 1. The van der Waals surface area contributed by atoms with Crippen LogP contribution < -0.4 is 10.5 Å². The van der Waals surface area contributed by atoms with Crippen molar-refractivity contribution in [3.05, 3.63) is 39.7 Å². The number of rotatable bonds is 2. The molecule has 1 fully saturated rings. The molecule has 1 aliphatic rings. The Balaban J connectivity index is 2.01. The molecule has 4 nitrogen and oxygen atoms in total. The fraction of sp³-hybridized carbons (Fsp3) is 0.471. The molecular formula is C17H22NO3+. The third-order valence-corrected chi connectivity index (χ3v) is 4.61. The van der Waals surface area contributed by atoms with E-state index in [-0.39, 0.29) is 11.4 Å². The molecule has 1 aromatic carbocycles. The molecule has 21 heavy (non-hydrogen) atoms. The zero-order valence-corrected chi connectivity index (χ0v) is 12.6. The van der Waals surface area contributed by atoms with Gasteiger partial charge in [-0.15, -0.1) is 0 Å². The summed E-state index contributed by atoms with van der Waals surface area (Å²) < 4.78 is 5.39. The highest BCUT2D eigenvalue weighted by Gasteiger charge is 2.22. The zero-order chi connectivity index (χ0) is 15.0. The van der Waals surface area contributed by atoms with Gasteiger partial charge in [0.05, 0.1) is 18.7 Å². The lowest BCUT2D eigenvalue weighted by atomic mass is 9.98. The lowest BCUT2D eigenvalue weighted by Crippen LogP contribution is -3.11. The first-order valence-corrected chi connectivity index (χ1v) is 7.63. The first kappa shape index (κ1) is 14.1. The van der Waals surface area contributed by atoms with Crippen molar-refractivity contribution in [2.75, 3.05) is 13.1 Å². The van der Waals surface area contributed by atoms with Crippen LogP contribution in [-0.4, -0.2) is 18.2 Å². The van der Waals surface area contributed by atoms with Crippen LogP contribution >= 0.6 is 0 Å². The molecule has 0 saturated carbocycles. The van der Waals surface area contributed by atoms with Gasteiger partial charge >= 0.3 is 5.63 Å². The second-order valence-electron chi connectivity index (χ2n) is 6.30. The molecule has 4 heteroatoms. The maximum Gasteiger partial charge on any atom is 0.336 e. The molecule has 1 saturated heterocycles. The zero-order valence-electron chi connectivity index (χ0n) is 12.6. The molecule has 0 spiro atoms. The van der Waals surface area contributed by atoms with E-state index in [1.807, 2.05) is 13.0 Å². The molecule has 1 aliphatic heterocycles. The van der Waals surface area contributed by atoms with Crippen molar-refractivity contribution in [1.82, 2.24) is 0 Å². The Bertz CT molecular complexity index is 712. The molecule has 2 N–H and O–H groups in total. The van der Waals surface area contributed by atoms with Gasteiger partial charge in [-0.2, -0.15) is 0 Å². The number of benzene rings is 1. The SMILES string of the molecule is Cc1cc(=O)oc2c(C[NH+]3CCC(C)CC3)c(O)ccc12. The number of likely N-dealkylation sites (tertiary alicyclic amines) is 1. The van der Waals surface area contributed by atoms with Crippen LogP contribution in [0.1, 0.15) is 30.9 Å². The Morgan fingerprint density at radius 2 is 2.05 bits per heavy atom. The first-order chi connectivity index (χ1) is 10.0. The fourth-order valence-electron chi connectivity index (χ4n) is 3.20. The summed E-state index contributed by atoms with van der Waals surface area (Å²) in [6, 6.07) is 5.02. The van der Waals surface area contributed by atoms with Gasteiger partial charge in [0, 0.05) is 11.5 Å². The van der Waals surface area contributed by atoms with E-state index in [1.165, 1.54) is 23.8 Å². The second kappa shape index (κ2) is 5.53. The summed E-state index contributed by atoms with van der Waals surface area (Å²) in [6.45, 7) is 7.10. The summed E-state index contributed by atoms with van der Waals surface area (Å²) in [7, 11) is 0. The van der Waals surface area contributed by atoms with Crippen LogP contribution in [0.2, 0.25) is 0 Å². The van der Waals surface area contributed by atoms with Gasteiger partial charge in [-0.3, -0.25) is 0 Å². The summed E-state index contributed by atoms with van der Waals surface area (Å²) in [4.78, 5) is 13.1. The number of hydrogen-bond donors (Lipinski definition) is 2. The van der Waals surface area contributed by atoms with E-state index < -0.39 is 0 Å². The number of phenolic OH excluding ortho intramolecular Hbond substituents is 1. The van der Waals surface area contributed by atoms with Gasteiger partial charge in [-0.1, -0.05) is 6.92 Å². The van der Waals surface area contributed by atoms with Crippen LogP contribution in [0, 0.1) is 12.8 Å². The summed E-state index contributed by atoms with van der Waals surface area (Å²) in [5.41, 5.74) is 1.85. The molecule has 0 aliphatic carbocycles.